The molecule has 2 aromatic rings. The lowest BCUT2D eigenvalue weighted by molar-refractivity contribution is -0.384. The molecule has 0 atom stereocenters. The highest BCUT2D eigenvalue weighted by molar-refractivity contribution is 7.15. The molecule has 0 radical (unpaired) electrons. The zero-order valence-corrected chi connectivity index (χ0v) is 17.1. The molecule has 4 rings (SSSR count). The number of nitro groups is 1. The normalized spacial score (nSPS) is 16.7. The highest BCUT2D eigenvalue weighted by Crippen LogP contribution is 2.35. The molecule has 2 saturated heterocycles. The van der Waals surface area contributed by atoms with Crippen LogP contribution < -0.4 is 9.80 Å². The summed E-state index contributed by atoms with van der Waals surface area (Å²) < 4.78 is 0. The fraction of sp³-hybridized carbons (Fsp3) is 0.400. The molecule has 2 aliphatic heterocycles. The van der Waals surface area contributed by atoms with Crippen molar-refractivity contribution in [1.29, 1.82) is 0 Å². The summed E-state index contributed by atoms with van der Waals surface area (Å²) in [5.74, 6) is -1.19. The van der Waals surface area contributed by atoms with Crippen LogP contribution in [0, 0.1) is 10.1 Å². The topological polar surface area (TPSA) is 107 Å². The van der Waals surface area contributed by atoms with Gasteiger partial charge >= 0.3 is 5.97 Å². The fourth-order valence-electron chi connectivity index (χ4n) is 3.97. The standard InChI is InChI=1S/C20H22N4O5S/c25-19(17-5-6-18(30-17)20(26)27)23-11-9-21(10-12-23)14-3-4-15(24(28)29)16(13-14)22-7-1-2-8-22/h3-6,13H,1-2,7-12H2,(H,26,27). The largest absolute Gasteiger partial charge is 0.477 e. The van der Waals surface area contributed by atoms with Crippen molar-refractivity contribution in [1.82, 2.24) is 4.90 Å². The molecule has 0 unspecified atom stereocenters. The van der Waals surface area contributed by atoms with Crippen molar-refractivity contribution in [3.63, 3.8) is 0 Å². The van der Waals surface area contributed by atoms with Crippen molar-refractivity contribution in [2.75, 3.05) is 49.1 Å². The maximum Gasteiger partial charge on any atom is 0.345 e. The third kappa shape index (κ3) is 3.95. The molecule has 10 heteroatoms. The summed E-state index contributed by atoms with van der Waals surface area (Å²) in [4.78, 5) is 41.3. The van der Waals surface area contributed by atoms with Gasteiger partial charge in [-0.3, -0.25) is 14.9 Å². The predicted molar refractivity (Wildman–Crippen MR) is 114 cm³/mol. The highest BCUT2D eigenvalue weighted by atomic mass is 32.1. The van der Waals surface area contributed by atoms with E-state index in [0.29, 0.717) is 36.7 Å². The number of hydrogen-bond acceptors (Lipinski definition) is 7. The number of carboxylic acid groups (broad SMARTS) is 1. The van der Waals surface area contributed by atoms with Crippen LogP contribution in [0.15, 0.2) is 30.3 Å². The molecule has 2 aliphatic rings. The number of benzene rings is 1. The minimum Gasteiger partial charge on any atom is -0.477 e. The van der Waals surface area contributed by atoms with Crippen molar-refractivity contribution in [2.24, 2.45) is 0 Å². The number of rotatable bonds is 5. The van der Waals surface area contributed by atoms with Crippen LogP contribution in [0.25, 0.3) is 0 Å². The molecule has 1 aromatic heterocycles. The summed E-state index contributed by atoms with van der Waals surface area (Å²) >= 11 is 0.987. The van der Waals surface area contributed by atoms with Crippen molar-refractivity contribution in [2.45, 2.75) is 12.8 Å². The molecular weight excluding hydrogens is 408 g/mol. The predicted octanol–water partition coefficient (Wildman–Crippen LogP) is 2.92. The highest BCUT2D eigenvalue weighted by Gasteiger charge is 2.27. The van der Waals surface area contributed by atoms with Crippen LogP contribution >= 0.6 is 11.3 Å². The second-order valence-corrected chi connectivity index (χ2v) is 8.46. The first-order chi connectivity index (χ1) is 14.4. The van der Waals surface area contributed by atoms with E-state index in [1.54, 1.807) is 23.1 Å². The Balaban J connectivity index is 1.45. The smallest absolute Gasteiger partial charge is 0.345 e. The number of carboxylic acids is 1. The molecule has 0 bridgehead atoms. The van der Waals surface area contributed by atoms with E-state index in [4.69, 9.17) is 5.11 Å². The third-order valence-electron chi connectivity index (χ3n) is 5.56. The minimum atomic E-state index is -1.03. The van der Waals surface area contributed by atoms with Crippen LogP contribution in [-0.4, -0.2) is 66.1 Å². The Hall–Kier alpha value is -3.14. The van der Waals surface area contributed by atoms with E-state index in [1.165, 1.54) is 6.07 Å². The Morgan fingerprint density at radius 2 is 1.60 bits per heavy atom. The van der Waals surface area contributed by atoms with Gasteiger partial charge in [-0.05, 0) is 37.1 Å². The number of hydrogen-bond donors (Lipinski definition) is 1. The van der Waals surface area contributed by atoms with Gasteiger partial charge in [0.1, 0.15) is 10.6 Å². The zero-order chi connectivity index (χ0) is 21.3. The number of anilines is 2. The first-order valence-electron chi connectivity index (χ1n) is 9.85. The molecule has 0 aliphatic carbocycles. The van der Waals surface area contributed by atoms with E-state index in [0.717, 1.165) is 43.0 Å². The maximum absolute atomic E-state index is 12.7. The minimum absolute atomic E-state index is 0.126. The molecular formula is C20H22N4O5S. The number of nitrogens with zero attached hydrogens (tertiary/aromatic N) is 4. The van der Waals surface area contributed by atoms with E-state index in [2.05, 4.69) is 9.80 Å². The van der Waals surface area contributed by atoms with Gasteiger partial charge in [-0.2, -0.15) is 0 Å². The fourth-order valence-corrected chi connectivity index (χ4v) is 4.78. The van der Waals surface area contributed by atoms with Crippen LogP contribution in [-0.2, 0) is 0 Å². The van der Waals surface area contributed by atoms with E-state index < -0.39 is 5.97 Å². The molecule has 1 N–H and O–H groups in total. The van der Waals surface area contributed by atoms with Gasteiger partial charge in [0.05, 0.1) is 9.80 Å². The number of nitro benzene ring substituents is 1. The molecule has 2 fully saturated rings. The van der Waals surface area contributed by atoms with E-state index in [-0.39, 0.29) is 21.4 Å². The maximum atomic E-state index is 12.7. The van der Waals surface area contributed by atoms with Crippen molar-refractivity contribution in [3.05, 3.63) is 50.2 Å². The number of amides is 1. The monoisotopic (exact) mass is 430 g/mol. The van der Waals surface area contributed by atoms with Crippen LogP contribution in [0.1, 0.15) is 32.2 Å². The first-order valence-corrected chi connectivity index (χ1v) is 10.7. The average molecular weight is 430 g/mol. The molecule has 9 nitrogen and oxygen atoms in total. The van der Waals surface area contributed by atoms with Crippen molar-refractivity contribution < 1.29 is 19.6 Å². The summed E-state index contributed by atoms with van der Waals surface area (Å²) in [5.41, 5.74) is 1.70. The van der Waals surface area contributed by atoms with Gasteiger partial charge in [0.15, 0.2) is 0 Å². The lowest BCUT2D eigenvalue weighted by atomic mass is 10.2. The van der Waals surface area contributed by atoms with Gasteiger partial charge in [-0.25, -0.2) is 4.79 Å². The SMILES string of the molecule is O=C(O)c1ccc(C(=O)N2CCN(c3ccc([N+](=O)[O-])c(N4CCCC4)c3)CC2)s1. The van der Waals surface area contributed by atoms with Crippen molar-refractivity contribution >= 4 is 40.3 Å². The quantitative estimate of drug-likeness (QED) is 0.574. The zero-order valence-electron chi connectivity index (χ0n) is 16.3. The molecule has 158 valence electrons. The molecule has 1 aromatic carbocycles. The lowest BCUT2D eigenvalue weighted by Gasteiger charge is -2.36. The summed E-state index contributed by atoms with van der Waals surface area (Å²) in [7, 11) is 0. The van der Waals surface area contributed by atoms with Gasteiger partial charge in [0.2, 0.25) is 0 Å². The summed E-state index contributed by atoms with van der Waals surface area (Å²) in [5, 5.41) is 20.5. The van der Waals surface area contributed by atoms with Gasteiger partial charge in [-0.15, -0.1) is 11.3 Å². The Kier molecular flexibility index (Phi) is 5.58. The molecule has 0 saturated carbocycles. The van der Waals surface area contributed by atoms with Gasteiger partial charge in [0, 0.05) is 51.0 Å². The summed E-state index contributed by atoms with van der Waals surface area (Å²) in [6.07, 6.45) is 2.07. The first kappa shape index (κ1) is 20.1. The summed E-state index contributed by atoms with van der Waals surface area (Å²) in [6.45, 7) is 3.89. The number of piperazine rings is 1. The van der Waals surface area contributed by atoms with Gasteiger partial charge in [-0.1, -0.05) is 0 Å². The van der Waals surface area contributed by atoms with E-state index in [9.17, 15) is 19.7 Å². The number of carbonyl (C=O) groups excluding carboxylic acids is 1. The third-order valence-corrected chi connectivity index (χ3v) is 6.62. The second kappa shape index (κ2) is 8.31. The number of aromatic carboxylic acids is 1. The Labute approximate surface area is 177 Å². The molecule has 1 amide bonds. The van der Waals surface area contributed by atoms with Crippen LogP contribution in [0.4, 0.5) is 17.1 Å². The van der Waals surface area contributed by atoms with Crippen LogP contribution in [0.3, 0.4) is 0 Å². The van der Waals surface area contributed by atoms with E-state index >= 15 is 0 Å². The van der Waals surface area contributed by atoms with Crippen molar-refractivity contribution in [3.8, 4) is 0 Å². The van der Waals surface area contributed by atoms with Gasteiger partial charge in [0.25, 0.3) is 11.6 Å². The molecule has 3 heterocycles. The number of carbonyl (C=O) groups is 2. The summed E-state index contributed by atoms with van der Waals surface area (Å²) in [6, 6.07) is 8.24. The average Bonchev–Trinajstić information content (AvgIpc) is 3.45. The Morgan fingerprint density at radius 1 is 0.933 bits per heavy atom. The van der Waals surface area contributed by atoms with Crippen LogP contribution in [0.5, 0.6) is 0 Å². The van der Waals surface area contributed by atoms with E-state index in [1.807, 2.05) is 6.07 Å². The molecule has 30 heavy (non-hydrogen) atoms. The Bertz CT molecular complexity index is 977. The Morgan fingerprint density at radius 3 is 2.20 bits per heavy atom. The second-order valence-electron chi connectivity index (χ2n) is 7.37. The van der Waals surface area contributed by atoms with Gasteiger partial charge < -0.3 is 19.8 Å². The lowest BCUT2D eigenvalue weighted by Crippen LogP contribution is -2.48. The number of thiophene rings is 1. The molecule has 0 spiro atoms. The van der Waals surface area contributed by atoms with Crippen LogP contribution in [0.2, 0.25) is 0 Å².